The van der Waals surface area contributed by atoms with Crippen molar-refractivity contribution in [1.82, 2.24) is 14.9 Å². The Kier molecular flexibility index (Phi) is 5.16. The third kappa shape index (κ3) is 4.06. The number of carbonyl (C=O) groups is 1. The van der Waals surface area contributed by atoms with Crippen LogP contribution in [-0.2, 0) is 4.79 Å². The first-order valence-corrected chi connectivity index (χ1v) is 9.80. The standard InChI is InChI=1S/C23H25N5O/c1-4-21(29)27-14-18(15-27)10-11-28-17(3)8-9-19-13-24-23(26-22(19)28)25-20-7-5-6-16(2)12-20/h4-9,12-13,18H,1,3,10-11,14-15H2,2H3,(H,24,25,26). The van der Waals surface area contributed by atoms with Gasteiger partial charge >= 0.3 is 0 Å². The highest BCUT2D eigenvalue weighted by atomic mass is 16.2. The lowest BCUT2D eigenvalue weighted by Crippen LogP contribution is -2.50. The molecule has 1 N–H and O–H groups in total. The summed E-state index contributed by atoms with van der Waals surface area (Å²) in [6.45, 7) is 12.2. The minimum Gasteiger partial charge on any atom is -0.338 e. The second kappa shape index (κ2) is 7.91. The van der Waals surface area contributed by atoms with Gasteiger partial charge in [0.1, 0.15) is 5.82 Å². The topological polar surface area (TPSA) is 61.4 Å². The van der Waals surface area contributed by atoms with Gasteiger partial charge in [-0.25, -0.2) is 4.98 Å². The van der Waals surface area contributed by atoms with Crippen LogP contribution >= 0.6 is 0 Å². The largest absolute Gasteiger partial charge is 0.338 e. The van der Waals surface area contributed by atoms with Crippen molar-refractivity contribution < 1.29 is 4.79 Å². The number of benzene rings is 1. The molecule has 6 nitrogen and oxygen atoms in total. The van der Waals surface area contributed by atoms with Gasteiger partial charge in [-0.2, -0.15) is 4.98 Å². The van der Waals surface area contributed by atoms with Crippen molar-refractivity contribution in [3.05, 3.63) is 72.6 Å². The van der Waals surface area contributed by atoms with Crippen LogP contribution in [0.15, 0.2) is 61.5 Å². The molecule has 0 saturated carbocycles. The molecular formula is C23H25N5O. The van der Waals surface area contributed by atoms with E-state index in [0.717, 1.165) is 48.8 Å². The number of likely N-dealkylation sites (tertiary alicyclic amines) is 1. The number of anilines is 3. The summed E-state index contributed by atoms with van der Waals surface area (Å²) in [4.78, 5) is 24.8. The van der Waals surface area contributed by atoms with Crippen LogP contribution in [0.5, 0.6) is 0 Å². The molecule has 0 atom stereocenters. The van der Waals surface area contributed by atoms with E-state index in [-0.39, 0.29) is 5.91 Å². The fraction of sp³-hybridized carbons (Fsp3) is 0.261. The first-order valence-electron chi connectivity index (χ1n) is 9.80. The molecule has 0 unspecified atom stereocenters. The van der Waals surface area contributed by atoms with Gasteiger partial charge in [0.25, 0.3) is 0 Å². The van der Waals surface area contributed by atoms with E-state index < -0.39 is 0 Å². The SMILES string of the molecule is C=CC(=O)N1CC(CCN2C(=C)C=Cc3cnc(Nc4cccc(C)c4)nc32)C1. The molecule has 4 rings (SSSR count). The number of rotatable bonds is 6. The van der Waals surface area contributed by atoms with Gasteiger partial charge in [-0.1, -0.05) is 25.3 Å². The fourth-order valence-corrected chi connectivity index (χ4v) is 3.66. The van der Waals surface area contributed by atoms with Gasteiger partial charge in [0.2, 0.25) is 11.9 Å². The van der Waals surface area contributed by atoms with Gasteiger partial charge in [0, 0.05) is 42.8 Å². The Bertz CT molecular complexity index is 991. The Morgan fingerprint density at radius 2 is 2.17 bits per heavy atom. The molecule has 1 saturated heterocycles. The average molecular weight is 387 g/mol. The lowest BCUT2D eigenvalue weighted by molar-refractivity contribution is -0.132. The zero-order valence-corrected chi connectivity index (χ0v) is 16.6. The Balaban J connectivity index is 1.46. The number of carbonyl (C=O) groups excluding carboxylic acids is 1. The Morgan fingerprint density at radius 1 is 1.34 bits per heavy atom. The van der Waals surface area contributed by atoms with E-state index in [1.807, 2.05) is 35.4 Å². The molecule has 1 aromatic carbocycles. The summed E-state index contributed by atoms with van der Waals surface area (Å²) in [5.74, 6) is 1.93. The van der Waals surface area contributed by atoms with Crippen molar-refractivity contribution >= 4 is 29.4 Å². The summed E-state index contributed by atoms with van der Waals surface area (Å²) in [5, 5.41) is 3.29. The molecule has 3 heterocycles. The minimum absolute atomic E-state index is 0.0107. The van der Waals surface area contributed by atoms with Gasteiger partial charge in [-0.05, 0) is 55.2 Å². The highest BCUT2D eigenvalue weighted by Crippen LogP contribution is 2.31. The zero-order chi connectivity index (χ0) is 20.4. The summed E-state index contributed by atoms with van der Waals surface area (Å²) in [6, 6.07) is 8.12. The molecular weight excluding hydrogens is 362 g/mol. The molecule has 29 heavy (non-hydrogen) atoms. The number of amides is 1. The van der Waals surface area contributed by atoms with Crippen LogP contribution in [0.1, 0.15) is 17.5 Å². The number of aromatic nitrogens is 2. The number of allylic oxidation sites excluding steroid dienone is 1. The van der Waals surface area contributed by atoms with Crippen molar-refractivity contribution in [3.63, 3.8) is 0 Å². The van der Waals surface area contributed by atoms with Crippen molar-refractivity contribution in [2.24, 2.45) is 5.92 Å². The van der Waals surface area contributed by atoms with Gasteiger partial charge in [0.15, 0.2) is 0 Å². The molecule has 0 spiro atoms. The first kappa shape index (κ1) is 18.9. The van der Waals surface area contributed by atoms with E-state index in [4.69, 9.17) is 4.98 Å². The lowest BCUT2D eigenvalue weighted by atomic mass is 9.95. The number of fused-ring (bicyclic) bond motifs is 1. The Hall–Kier alpha value is -3.41. The fourth-order valence-electron chi connectivity index (χ4n) is 3.66. The number of aryl methyl sites for hydroxylation is 1. The number of hydrogen-bond donors (Lipinski definition) is 1. The van der Waals surface area contributed by atoms with Gasteiger partial charge in [-0.3, -0.25) is 4.79 Å². The summed E-state index contributed by atoms with van der Waals surface area (Å²) >= 11 is 0. The third-order valence-electron chi connectivity index (χ3n) is 5.33. The maximum atomic E-state index is 11.6. The van der Waals surface area contributed by atoms with E-state index in [2.05, 4.69) is 47.4 Å². The predicted molar refractivity (Wildman–Crippen MR) is 117 cm³/mol. The van der Waals surface area contributed by atoms with Crippen molar-refractivity contribution in [2.45, 2.75) is 13.3 Å². The number of hydrogen-bond acceptors (Lipinski definition) is 5. The molecule has 0 radical (unpaired) electrons. The summed E-state index contributed by atoms with van der Waals surface area (Å²) in [6.07, 6.45) is 8.18. The summed E-state index contributed by atoms with van der Waals surface area (Å²) in [7, 11) is 0. The van der Waals surface area contributed by atoms with Gasteiger partial charge in [0.05, 0.1) is 0 Å². The highest BCUT2D eigenvalue weighted by molar-refractivity contribution is 5.87. The third-order valence-corrected chi connectivity index (χ3v) is 5.33. The predicted octanol–water partition coefficient (Wildman–Crippen LogP) is 3.91. The monoisotopic (exact) mass is 387 g/mol. The highest BCUT2D eigenvalue weighted by Gasteiger charge is 2.30. The minimum atomic E-state index is 0.0107. The first-order chi connectivity index (χ1) is 14.0. The molecule has 1 aromatic heterocycles. The number of nitrogens with one attached hydrogen (secondary N) is 1. The molecule has 6 heteroatoms. The number of nitrogens with zero attached hydrogens (tertiary/aromatic N) is 4. The van der Waals surface area contributed by atoms with Gasteiger partial charge < -0.3 is 15.1 Å². The van der Waals surface area contributed by atoms with E-state index in [1.54, 1.807) is 0 Å². The summed E-state index contributed by atoms with van der Waals surface area (Å²) in [5.41, 5.74) is 4.03. The molecule has 148 valence electrons. The normalized spacial score (nSPS) is 15.7. The summed E-state index contributed by atoms with van der Waals surface area (Å²) < 4.78 is 0. The maximum Gasteiger partial charge on any atom is 0.245 e. The molecule has 2 aliphatic heterocycles. The zero-order valence-electron chi connectivity index (χ0n) is 16.6. The van der Waals surface area contributed by atoms with Crippen molar-refractivity contribution in [3.8, 4) is 0 Å². The van der Waals surface area contributed by atoms with Crippen molar-refractivity contribution in [2.75, 3.05) is 29.9 Å². The Labute approximate surface area is 171 Å². The van der Waals surface area contributed by atoms with Crippen LogP contribution in [0.4, 0.5) is 17.5 Å². The van der Waals surface area contributed by atoms with E-state index >= 15 is 0 Å². The van der Waals surface area contributed by atoms with Crippen LogP contribution < -0.4 is 10.2 Å². The average Bonchev–Trinajstić information content (AvgIpc) is 2.68. The van der Waals surface area contributed by atoms with Crippen LogP contribution in [0.25, 0.3) is 6.08 Å². The second-order valence-corrected chi connectivity index (χ2v) is 7.55. The Morgan fingerprint density at radius 3 is 2.93 bits per heavy atom. The molecule has 1 amide bonds. The van der Waals surface area contributed by atoms with Crippen LogP contribution in [0.3, 0.4) is 0 Å². The lowest BCUT2D eigenvalue weighted by Gasteiger charge is -2.40. The second-order valence-electron chi connectivity index (χ2n) is 7.55. The molecule has 2 aromatic rings. The van der Waals surface area contributed by atoms with E-state index in [9.17, 15) is 4.79 Å². The van der Waals surface area contributed by atoms with Crippen LogP contribution in [0.2, 0.25) is 0 Å². The maximum absolute atomic E-state index is 11.6. The van der Waals surface area contributed by atoms with E-state index in [0.29, 0.717) is 11.9 Å². The molecule has 1 fully saturated rings. The molecule has 0 bridgehead atoms. The smallest absolute Gasteiger partial charge is 0.245 e. The van der Waals surface area contributed by atoms with E-state index in [1.165, 1.54) is 11.6 Å². The van der Waals surface area contributed by atoms with Crippen LogP contribution in [0, 0.1) is 12.8 Å². The van der Waals surface area contributed by atoms with Crippen molar-refractivity contribution in [1.29, 1.82) is 0 Å². The van der Waals surface area contributed by atoms with Crippen LogP contribution in [-0.4, -0.2) is 40.4 Å². The quantitative estimate of drug-likeness (QED) is 0.762. The van der Waals surface area contributed by atoms with Gasteiger partial charge in [-0.15, -0.1) is 0 Å². The molecule has 2 aliphatic rings. The molecule has 0 aliphatic carbocycles.